The lowest BCUT2D eigenvalue weighted by Gasteiger charge is -2.44. The minimum absolute atomic E-state index is 0.0750. The van der Waals surface area contributed by atoms with Crippen molar-refractivity contribution >= 4 is 43.0 Å². The number of likely N-dealkylation sites (N-methyl/N-ethyl adjacent to an activating group) is 1. The first-order chi connectivity index (χ1) is 17.5. The van der Waals surface area contributed by atoms with Gasteiger partial charge in [-0.25, -0.2) is 4.79 Å². The molecule has 9 heteroatoms. The molecule has 1 fully saturated rings. The van der Waals surface area contributed by atoms with E-state index in [0.29, 0.717) is 32.4 Å². The predicted molar refractivity (Wildman–Crippen MR) is 160 cm³/mol. The second-order valence-electron chi connectivity index (χ2n) is 11.0. The van der Waals surface area contributed by atoms with E-state index in [-0.39, 0.29) is 24.1 Å². The molecule has 0 unspecified atom stereocenters. The molecule has 2 aliphatic heterocycles. The number of piperazine rings is 1. The number of amides is 1. The highest BCUT2D eigenvalue weighted by Gasteiger charge is 2.44. The number of halogens is 1. The average Bonchev–Trinajstić information content (AvgIpc) is 2.90. The molecule has 0 spiro atoms. The number of esters is 1. The summed E-state index contributed by atoms with van der Waals surface area (Å²) in [6.45, 7) is 15.8. The summed E-state index contributed by atoms with van der Waals surface area (Å²) in [7, 11) is 0.0500. The minimum atomic E-state index is -2.02. The Kier molecular flexibility index (Phi) is 13.1. The molecule has 0 bridgehead atoms. The lowest BCUT2D eigenvalue weighted by atomic mass is 9.89. The zero-order chi connectivity index (χ0) is 27.6. The molecule has 2 rings (SSSR count). The molecular formula is C28H49IN2O5Si. The number of rotatable bonds is 7. The molecule has 0 saturated carbocycles. The van der Waals surface area contributed by atoms with Crippen LogP contribution in [-0.2, 0) is 18.7 Å². The first-order valence-corrected chi connectivity index (χ1v) is 17.8. The van der Waals surface area contributed by atoms with E-state index >= 15 is 0 Å². The van der Waals surface area contributed by atoms with Gasteiger partial charge in [0.1, 0.15) is 12.2 Å². The van der Waals surface area contributed by atoms with E-state index in [0.717, 1.165) is 43.2 Å². The van der Waals surface area contributed by atoms with Gasteiger partial charge in [-0.05, 0) is 74.0 Å². The smallest absolute Gasteiger partial charge is 0.410 e. The van der Waals surface area contributed by atoms with Gasteiger partial charge in [0, 0.05) is 38.5 Å². The average molecular weight is 649 g/mol. The van der Waals surface area contributed by atoms with Crippen LogP contribution < -0.4 is 0 Å². The summed E-state index contributed by atoms with van der Waals surface area (Å²) in [5.41, 5.74) is 0.335. The van der Waals surface area contributed by atoms with Crippen LogP contribution >= 0.6 is 22.6 Å². The Morgan fingerprint density at radius 2 is 1.78 bits per heavy atom. The van der Waals surface area contributed by atoms with Crippen LogP contribution in [0, 0.1) is 5.92 Å². The Morgan fingerprint density at radius 1 is 1.16 bits per heavy atom. The highest BCUT2D eigenvalue weighted by atomic mass is 127. The Balaban J connectivity index is 2.47. The van der Waals surface area contributed by atoms with Crippen LogP contribution in [0.1, 0.15) is 67.2 Å². The number of hydrogen-bond donors (Lipinski definition) is 0. The number of cyclic esters (lactones) is 1. The van der Waals surface area contributed by atoms with Crippen molar-refractivity contribution in [1.29, 1.82) is 0 Å². The number of carbonyl (C=O) groups is 2. The summed E-state index contributed by atoms with van der Waals surface area (Å²) in [5, 5.41) is 0. The van der Waals surface area contributed by atoms with E-state index < -0.39 is 20.0 Å². The largest absolute Gasteiger partial charge is 0.457 e. The van der Waals surface area contributed by atoms with Gasteiger partial charge >= 0.3 is 12.1 Å². The molecule has 0 aromatic heterocycles. The molecule has 2 heterocycles. The second-order valence-corrected chi connectivity index (χ2v) is 16.3. The molecule has 0 radical (unpaired) electrons. The number of nitrogens with zero attached hydrogens (tertiary/aromatic N) is 2. The fourth-order valence-electron chi connectivity index (χ4n) is 5.25. The fourth-order valence-corrected chi connectivity index (χ4v) is 8.75. The van der Waals surface area contributed by atoms with E-state index in [1.165, 1.54) is 0 Å². The Labute approximate surface area is 239 Å². The van der Waals surface area contributed by atoms with Crippen LogP contribution in [0.5, 0.6) is 0 Å². The molecule has 7 nitrogen and oxygen atoms in total. The van der Waals surface area contributed by atoms with Gasteiger partial charge in [0.05, 0.1) is 5.60 Å². The fraction of sp³-hybridized carbons (Fsp3) is 0.786. The van der Waals surface area contributed by atoms with E-state index in [2.05, 4.69) is 62.2 Å². The number of carbonyl (C=O) groups excluding carboxylic acids is 2. The quantitative estimate of drug-likeness (QED) is 0.135. The van der Waals surface area contributed by atoms with Crippen LogP contribution in [0.4, 0.5) is 4.79 Å². The highest BCUT2D eigenvalue weighted by Crippen LogP contribution is 2.36. The summed E-state index contributed by atoms with van der Waals surface area (Å²) in [6.07, 6.45) is 5.49. The normalized spacial score (nSPS) is 30.2. The minimum Gasteiger partial charge on any atom is -0.457 e. The summed E-state index contributed by atoms with van der Waals surface area (Å²) in [5.74, 6) is -0.238. The first-order valence-electron chi connectivity index (χ1n) is 14.0. The topological polar surface area (TPSA) is 68.3 Å². The van der Waals surface area contributed by atoms with Crippen molar-refractivity contribution < 1.29 is 23.5 Å². The maximum absolute atomic E-state index is 13.4. The molecule has 0 aromatic rings. The standard InChI is InChI=1S/C28H49IN2O5Si/c1-8-37(9-2,10-3)36-28(6)16-12-11-13-25(32)35-26(23(5)21-29)22(4)14-15-24(28)34-27(33)31-19-17-30(7)18-20-31/h14-15,21-22,24,26H,8-13,16-20H2,1-7H3/b15-14+,23-21+/t22-,24-,26-,28+/m0/s1. The Hall–Kier alpha value is -0.913. The van der Waals surface area contributed by atoms with Crippen LogP contribution in [0.3, 0.4) is 0 Å². The molecule has 4 atom stereocenters. The summed E-state index contributed by atoms with van der Waals surface area (Å²) in [4.78, 5) is 30.1. The Morgan fingerprint density at radius 3 is 2.35 bits per heavy atom. The van der Waals surface area contributed by atoms with Crippen molar-refractivity contribution in [2.45, 2.75) is 103 Å². The van der Waals surface area contributed by atoms with E-state index in [1.54, 1.807) is 0 Å². The van der Waals surface area contributed by atoms with E-state index in [9.17, 15) is 9.59 Å². The molecule has 0 N–H and O–H groups in total. The van der Waals surface area contributed by atoms with Gasteiger partial charge in [-0.2, -0.15) is 0 Å². The highest BCUT2D eigenvalue weighted by molar-refractivity contribution is 14.1. The van der Waals surface area contributed by atoms with E-state index in [1.807, 2.05) is 35.0 Å². The van der Waals surface area contributed by atoms with Gasteiger partial charge in [-0.1, -0.05) is 56.4 Å². The summed E-state index contributed by atoms with van der Waals surface area (Å²) in [6, 6.07) is 3.05. The van der Waals surface area contributed by atoms with Gasteiger partial charge in [0.15, 0.2) is 8.32 Å². The molecule has 1 saturated heterocycles. The second kappa shape index (κ2) is 15.0. The van der Waals surface area contributed by atoms with Crippen LogP contribution in [-0.4, -0.2) is 81.2 Å². The molecule has 1 amide bonds. The van der Waals surface area contributed by atoms with Crippen molar-refractivity contribution in [3.63, 3.8) is 0 Å². The molecule has 0 aliphatic carbocycles. The third-order valence-corrected chi connectivity index (χ3v) is 14.0. The third-order valence-electron chi connectivity index (χ3n) is 8.22. The van der Waals surface area contributed by atoms with Gasteiger partial charge in [0.2, 0.25) is 0 Å². The molecular weight excluding hydrogens is 599 g/mol. The molecule has 37 heavy (non-hydrogen) atoms. The SMILES string of the molecule is CC[Si](CC)(CC)O[C@]1(C)CCCCC(=O)O[C@H](/C(C)=C/I)[C@@H](C)/C=C/[C@@H]1OC(=O)N1CCN(C)CC1. The third kappa shape index (κ3) is 9.07. The number of hydrogen-bond acceptors (Lipinski definition) is 6. The van der Waals surface area contributed by atoms with Crippen molar-refractivity contribution in [2.24, 2.45) is 5.92 Å². The van der Waals surface area contributed by atoms with Gasteiger partial charge in [-0.3, -0.25) is 4.79 Å². The van der Waals surface area contributed by atoms with Crippen LogP contribution in [0.25, 0.3) is 0 Å². The maximum Gasteiger partial charge on any atom is 0.410 e. The zero-order valence-corrected chi connectivity index (χ0v) is 27.2. The van der Waals surface area contributed by atoms with Gasteiger partial charge in [0.25, 0.3) is 0 Å². The van der Waals surface area contributed by atoms with Gasteiger partial charge in [-0.15, -0.1) is 0 Å². The lowest BCUT2D eigenvalue weighted by Crippen LogP contribution is -2.54. The summed E-state index contributed by atoms with van der Waals surface area (Å²) >= 11 is 2.19. The monoisotopic (exact) mass is 648 g/mol. The van der Waals surface area contributed by atoms with Crippen molar-refractivity contribution in [2.75, 3.05) is 33.2 Å². The number of ether oxygens (including phenoxy) is 2. The van der Waals surface area contributed by atoms with Crippen LogP contribution in [0.15, 0.2) is 21.8 Å². The van der Waals surface area contributed by atoms with Gasteiger partial charge < -0.3 is 23.7 Å². The molecule has 0 aromatic carbocycles. The zero-order valence-electron chi connectivity index (χ0n) is 24.1. The molecule has 2 aliphatic rings. The summed E-state index contributed by atoms with van der Waals surface area (Å²) < 4.78 is 21.3. The lowest BCUT2D eigenvalue weighted by molar-refractivity contribution is -0.149. The van der Waals surface area contributed by atoms with Crippen LogP contribution in [0.2, 0.25) is 18.1 Å². The first kappa shape index (κ1) is 32.3. The van der Waals surface area contributed by atoms with Crippen molar-refractivity contribution in [1.82, 2.24) is 9.80 Å². The predicted octanol–water partition coefficient (Wildman–Crippen LogP) is 6.54. The molecule has 212 valence electrons. The van der Waals surface area contributed by atoms with E-state index in [4.69, 9.17) is 13.9 Å². The Bertz CT molecular complexity index is 802. The van der Waals surface area contributed by atoms with Crippen molar-refractivity contribution in [3.8, 4) is 0 Å². The maximum atomic E-state index is 13.4. The van der Waals surface area contributed by atoms with Crippen molar-refractivity contribution in [3.05, 3.63) is 21.8 Å².